The van der Waals surface area contributed by atoms with Crippen molar-refractivity contribution in [2.75, 3.05) is 0 Å². The molecule has 1 heterocycles. The number of fused-ring (bicyclic) bond motifs is 1. The Kier molecular flexibility index (Phi) is 5.07. The van der Waals surface area contributed by atoms with Gasteiger partial charge < -0.3 is 5.32 Å². The highest BCUT2D eigenvalue weighted by molar-refractivity contribution is 6.05. The summed E-state index contributed by atoms with van der Waals surface area (Å²) in [6, 6.07) is 7.03. The lowest BCUT2D eigenvalue weighted by Gasteiger charge is -2.33. The highest BCUT2D eigenvalue weighted by Gasteiger charge is 2.29. The third-order valence-electron chi connectivity index (χ3n) is 3.96. The van der Waals surface area contributed by atoms with Crippen LogP contribution in [-0.4, -0.2) is 21.2 Å². The van der Waals surface area contributed by atoms with Crippen molar-refractivity contribution >= 4 is 16.7 Å². The molecule has 5 heteroatoms. The van der Waals surface area contributed by atoms with Crippen LogP contribution in [0.15, 0.2) is 29.1 Å². The van der Waals surface area contributed by atoms with Gasteiger partial charge in [0.15, 0.2) is 5.69 Å². The quantitative estimate of drug-likeness (QED) is 0.915. The van der Waals surface area contributed by atoms with Gasteiger partial charge in [0, 0.05) is 10.9 Å². The van der Waals surface area contributed by atoms with Gasteiger partial charge in [0.05, 0.1) is 11.4 Å². The Bertz CT molecular complexity index is 842. The smallest absolute Gasteiger partial charge is 0.274 e. The van der Waals surface area contributed by atoms with Gasteiger partial charge in [-0.25, -0.2) is 4.68 Å². The van der Waals surface area contributed by atoms with Gasteiger partial charge in [-0.05, 0) is 45.6 Å². The number of nitrogens with zero attached hydrogens (tertiary/aromatic N) is 2. The number of carbonyl (C=O) groups excluding carboxylic acids is 1. The number of amides is 1. The molecule has 2 aromatic rings. The van der Waals surface area contributed by atoms with E-state index in [1.165, 1.54) is 4.68 Å². The molecule has 0 aliphatic carbocycles. The van der Waals surface area contributed by atoms with Gasteiger partial charge in [0.2, 0.25) is 0 Å². The molecule has 1 aromatic carbocycles. The molecule has 25 heavy (non-hydrogen) atoms. The number of aromatic nitrogens is 2. The Morgan fingerprint density at radius 2 is 1.68 bits per heavy atom. The third-order valence-corrected chi connectivity index (χ3v) is 3.96. The maximum absolute atomic E-state index is 13.0. The predicted molar refractivity (Wildman–Crippen MR) is 102 cm³/mol. The van der Waals surface area contributed by atoms with Gasteiger partial charge in [0.1, 0.15) is 0 Å². The molecular weight excluding hydrogens is 314 g/mol. The van der Waals surface area contributed by atoms with Crippen LogP contribution < -0.4 is 10.9 Å². The first-order chi connectivity index (χ1) is 11.4. The van der Waals surface area contributed by atoms with E-state index in [0.717, 1.165) is 6.42 Å². The summed E-state index contributed by atoms with van der Waals surface area (Å²) in [5, 5.41) is 8.57. The zero-order valence-electron chi connectivity index (χ0n) is 16.3. The Balaban J connectivity index is 2.51. The topological polar surface area (TPSA) is 64.0 Å². The zero-order valence-corrected chi connectivity index (χ0v) is 16.3. The second kappa shape index (κ2) is 6.62. The largest absolute Gasteiger partial charge is 0.346 e. The zero-order chi connectivity index (χ0) is 19.0. The van der Waals surface area contributed by atoms with Crippen LogP contribution in [-0.2, 0) is 0 Å². The normalized spacial score (nSPS) is 12.6. The van der Waals surface area contributed by atoms with Crippen molar-refractivity contribution in [1.82, 2.24) is 15.1 Å². The van der Waals surface area contributed by atoms with Crippen molar-refractivity contribution in [3.05, 3.63) is 40.3 Å². The summed E-state index contributed by atoms with van der Waals surface area (Å²) < 4.78 is 1.38. The molecule has 0 radical (unpaired) electrons. The molecule has 0 fully saturated rings. The van der Waals surface area contributed by atoms with Gasteiger partial charge in [-0.2, -0.15) is 5.10 Å². The molecular formula is C20H29N3O2. The molecule has 0 saturated carbocycles. The number of rotatable bonds is 4. The summed E-state index contributed by atoms with van der Waals surface area (Å²) in [6.07, 6.45) is 0.827. The summed E-state index contributed by atoms with van der Waals surface area (Å²) in [5.41, 5.74) is -0.165. The van der Waals surface area contributed by atoms with E-state index >= 15 is 0 Å². The second-order valence-corrected chi connectivity index (χ2v) is 8.81. The van der Waals surface area contributed by atoms with Crippen molar-refractivity contribution < 1.29 is 4.79 Å². The van der Waals surface area contributed by atoms with Gasteiger partial charge in [-0.3, -0.25) is 9.59 Å². The molecule has 5 nitrogen and oxygen atoms in total. The lowest BCUT2D eigenvalue weighted by atomic mass is 9.81. The molecule has 0 atom stereocenters. The van der Waals surface area contributed by atoms with E-state index in [0.29, 0.717) is 16.5 Å². The van der Waals surface area contributed by atoms with Crippen molar-refractivity contribution in [1.29, 1.82) is 0 Å². The van der Waals surface area contributed by atoms with Crippen LogP contribution in [0.4, 0.5) is 0 Å². The second-order valence-electron chi connectivity index (χ2n) is 8.81. The van der Waals surface area contributed by atoms with Gasteiger partial charge in [-0.1, -0.05) is 39.0 Å². The molecule has 2 rings (SSSR count). The van der Waals surface area contributed by atoms with Crippen LogP contribution >= 0.6 is 0 Å². The average Bonchev–Trinajstić information content (AvgIpc) is 2.44. The maximum atomic E-state index is 13.0. The van der Waals surface area contributed by atoms with Crippen molar-refractivity contribution in [2.24, 2.45) is 5.41 Å². The Hall–Kier alpha value is -2.17. The summed E-state index contributed by atoms with van der Waals surface area (Å²) in [7, 11) is 0. The van der Waals surface area contributed by atoms with Crippen LogP contribution in [0.3, 0.4) is 0 Å². The van der Waals surface area contributed by atoms with Crippen LogP contribution in [0, 0.1) is 5.41 Å². The van der Waals surface area contributed by atoms with Gasteiger partial charge in [-0.15, -0.1) is 0 Å². The standard InChI is InChI=1S/C20H29N3O2/c1-13(2)23-18(25)15-11-9-8-10-14(15)16(22-23)17(24)21-20(6,7)12-19(3,4)5/h8-11,13H,12H2,1-7H3,(H,21,24). The fourth-order valence-electron chi connectivity index (χ4n) is 3.46. The van der Waals surface area contributed by atoms with Crippen molar-refractivity contribution in [3.8, 4) is 0 Å². The SMILES string of the molecule is CC(C)n1nc(C(=O)NC(C)(C)CC(C)(C)C)c2ccccc2c1=O. The molecule has 0 aliphatic heterocycles. The summed E-state index contributed by atoms with van der Waals surface area (Å²) >= 11 is 0. The molecule has 0 spiro atoms. The van der Waals surface area contributed by atoms with E-state index in [1.807, 2.05) is 33.8 Å². The average molecular weight is 343 g/mol. The van der Waals surface area contributed by atoms with E-state index in [-0.39, 0.29) is 28.5 Å². The number of hydrogen-bond acceptors (Lipinski definition) is 3. The Morgan fingerprint density at radius 1 is 1.12 bits per heavy atom. The first-order valence-electron chi connectivity index (χ1n) is 8.75. The fraction of sp³-hybridized carbons (Fsp3) is 0.550. The minimum Gasteiger partial charge on any atom is -0.346 e. The molecule has 0 aliphatic rings. The molecule has 136 valence electrons. The van der Waals surface area contributed by atoms with Crippen LogP contribution in [0.5, 0.6) is 0 Å². The lowest BCUT2D eigenvalue weighted by molar-refractivity contribution is 0.0885. The number of nitrogens with one attached hydrogen (secondary N) is 1. The Morgan fingerprint density at radius 3 is 2.20 bits per heavy atom. The van der Waals surface area contributed by atoms with E-state index < -0.39 is 0 Å². The lowest BCUT2D eigenvalue weighted by Crippen LogP contribution is -2.46. The highest BCUT2D eigenvalue weighted by atomic mass is 16.2. The highest BCUT2D eigenvalue weighted by Crippen LogP contribution is 2.27. The van der Waals surface area contributed by atoms with Crippen LogP contribution in [0.2, 0.25) is 0 Å². The van der Waals surface area contributed by atoms with Crippen LogP contribution in [0.1, 0.15) is 71.4 Å². The van der Waals surface area contributed by atoms with E-state index in [9.17, 15) is 9.59 Å². The van der Waals surface area contributed by atoms with Gasteiger partial charge >= 0.3 is 0 Å². The minimum absolute atomic E-state index is 0.0863. The van der Waals surface area contributed by atoms with Crippen molar-refractivity contribution in [3.63, 3.8) is 0 Å². The van der Waals surface area contributed by atoms with E-state index in [4.69, 9.17) is 0 Å². The molecule has 1 amide bonds. The predicted octanol–water partition coefficient (Wildman–Crippen LogP) is 3.92. The number of carbonyl (C=O) groups is 1. The molecule has 0 unspecified atom stereocenters. The first-order valence-corrected chi connectivity index (χ1v) is 8.75. The monoisotopic (exact) mass is 343 g/mol. The number of hydrogen-bond donors (Lipinski definition) is 1. The summed E-state index contributed by atoms with van der Waals surface area (Å²) in [4.78, 5) is 25.5. The maximum Gasteiger partial charge on any atom is 0.274 e. The number of benzene rings is 1. The van der Waals surface area contributed by atoms with Gasteiger partial charge in [0.25, 0.3) is 11.5 Å². The molecule has 1 aromatic heterocycles. The minimum atomic E-state index is -0.378. The van der Waals surface area contributed by atoms with Crippen molar-refractivity contribution in [2.45, 2.75) is 66.5 Å². The third kappa shape index (κ3) is 4.47. The first kappa shape index (κ1) is 19.2. The van der Waals surface area contributed by atoms with Crippen LogP contribution in [0.25, 0.3) is 10.8 Å². The fourth-order valence-corrected chi connectivity index (χ4v) is 3.46. The molecule has 0 saturated heterocycles. The molecule has 0 bridgehead atoms. The van der Waals surface area contributed by atoms with E-state index in [2.05, 4.69) is 31.2 Å². The van der Waals surface area contributed by atoms with E-state index in [1.54, 1.807) is 18.2 Å². The summed E-state index contributed by atoms with van der Waals surface area (Å²) in [5.74, 6) is -0.250. The Labute approximate surface area is 149 Å². The summed E-state index contributed by atoms with van der Waals surface area (Å²) in [6.45, 7) is 14.2. The molecule has 1 N–H and O–H groups in total.